The second-order valence-electron chi connectivity index (χ2n) is 9.43. The Hall–Kier alpha value is -3.49. The van der Waals surface area contributed by atoms with Crippen molar-refractivity contribution < 1.29 is 4.79 Å². The Bertz CT molecular complexity index is 1080. The zero-order valence-electron chi connectivity index (χ0n) is 18.5. The molecule has 0 bridgehead atoms. The molecule has 3 fully saturated rings. The summed E-state index contributed by atoms with van der Waals surface area (Å²) in [5.41, 5.74) is 2.39. The number of pyridine rings is 1. The zero-order chi connectivity index (χ0) is 22.2. The lowest BCUT2D eigenvalue weighted by Crippen LogP contribution is -2.53. The van der Waals surface area contributed by atoms with Crippen molar-refractivity contribution in [2.45, 2.75) is 31.1 Å². The summed E-state index contributed by atoms with van der Waals surface area (Å²) in [5.74, 6) is 2.98. The number of aromatic amines is 1. The van der Waals surface area contributed by atoms with Crippen LogP contribution in [0.3, 0.4) is 0 Å². The second-order valence-corrected chi connectivity index (χ2v) is 9.43. The number of hydrogen-bond acceptors (Lipinski definition) is 6. The predicted octanol–water partition coefficient (Wildman–Crippen LogP) is 3.15. The van der Waals surface area contributed by atoms with Crippen LogP contribution in [-0.2, 0) is 0 Å². The van der Waals surface area contributed by atoms with E-state index >= 15 is 0 Å². The number of nitrogens with one attached hydrogen (secondary N) is 1. The number of hydrogen-bond donors (Lipinski definition) is 1. The molecule has 6 rings (SSSR count). The van der Waals surface area contributed by atoms with Crippen LogP contribution in [0.25, 0.3) is 0 Å². The van der Waals surface area contributed by atoms with Gasteiger partial charge in [-0.3, -0.25) is 0 Å². The zero-order valence-corrected chi connectivity index (χ0v) is 18.5. The van der Waals surface area contributed by atoms with E-state index in [0.29, 0.717) is 18.3 Å². The lowest BCUT2D eigenvalue weighted by molar-refractivity contribution is 0.121. The number of anilines is 2. The Morgan fingerprint density at radius 2 is 1.82 bits per heavy atom. The quantitative estimate of drug-likeness (QED) is 0.628. The molecule has 0 spiro atoms. The van der Waals surface area contributed by atoms with E-state index in [-0.39, 0.29) is 11.9 Å². The number of H-pyrrole nitrogens is 1. The predicted molar refractivity (Wildman–Crippen MR) is 123 cm³/mol. The van der Waals surface area contributed by atoms with E-state index in [1.54, 1.807) is 0 Å². The van der Waals surface area contributed by atoms with Crippen LogP contribution in [0.1, 0.15) is 42.5 Å². The van der Waals surface area contributed by atoms with Crippen molar-refractivity contribution in [3.8, 4) is 0 Å². The molecule has 4 heterocycles. The molecule has 9 nitrogen and oxygen atoms in total. The van der Waals surface area contributed by atoms with Gasteiger partial charge in [0.05, 0.1) is 0 Å². The standard InChI is InChI=1S/C24H28N8O/c33-24(30-11-10-19(14-30)23-26-28-29-27-23)31-15-20(16-31)18-8-9-22(25-12-18)32(13-17-6-7-17)21-4-2-1-3-5-21/h1-5,8-9,12,17,19-20H,6-7,10-11,13-16H2,(H,26,27,28,29). The number of rotatable bonds is 6. The molecule has 3 aromatic rings. The highest BCUT2D eigenvalue weighted by Crippen LogP contribution is 2.35. The third-order valence-corrected chi connectivity index (χ3v) is 7.06. The molecule has 170 valence electrons. The Morgan fingerprint density at radius 3 is 2.52 bits per heavy atom. The molecule has 3 aliphatic rings. The highest BCUT2D eigenvalue weighted by Gasteiger charge is 2.38. The summed E-state index contributed by atoms with van der Waals surface area (Å²) in [6, 6.07) is 14.9. The number of likely N-dealkylation sites (tertiary alicyclic amines) is 2. The number of nitrogens with zero attached hydrogens (tertiary/aromatic N) is 7. The minimum atomic E-state index is 0.113. The van der Waals surface area contributed by atoms with Gasteiger partial charge in [-0.2, -0.15) is 5.21 Å². The minimum Gasteiger partial charge on any atom is -0.326 e. The Labute approximate surface area is 192 Å². The van der Waals surface area contributed by atoms with Crippen molar-refractivity contribution in [1.82, 2.24) is 35.4 Å². The first-order valence-electron chi connectivity index (χ1n) is 11.8. The van der Waals surface area contributed by atoms with Crippen molar-refractivity contribution in [1.29, 1.82) is 0 Å². The largest absolute Gasteiger partial charge is 0.326 e. The summed E-state index contributed by atoms with van der Waals surface area (Å²) in [5, 5.41) is 14.3. The maximum atomic E-state index is 12.9. The average molecular weight is 445 g/mol. The molecule has 1 aliphatic carbocycles. The lowest BCUT2D eigenvalue weighted by Gasteiger charge is -2.41. The molecule has 1 atom stereocenters. The molecule has 1 unspecified atom stereocenters. The second kappa shape index (κ2) is 8.46. The number of carbonyl (C=O) groups is 1. The van der Waals surface area contributed by atoms with E-state index in [2.05, 4.69) is 61.9 Å². The van der Waals surface area contributed by atoms with Crippen LogP contribution in [-0.4, -0.2) is 74.2 Å². The van der Waals surface area contributed by atoms with E-state index < -0.39 is 0 Å². The topological polar surface area (TPSA) is 94.1 Å². The van der Waals surface area contributed by atoms with Gasteiger partial charge < -0.3 is 14.7 Å². The molecule has 2 saturated heterocycles. The summed E-state index contributed by atoms with van der Waals surface area (Å²) < 4.78 is 0. The van der Waals surface area contributed by atoms with Gasteiger partial charge in [-0.1, -0.05) is 29.5 Å². The van der Waals surface area contributed by atoms with Crippen LogP contribution < -0.4 is 4.90 Å². The molecule has 2 aliphatic heterocycles. The molecular formula is C24H28N8O. The number of benzene rings is 1. The highest BCUT2D eigenvalue weighted by molar-refractivity contribution is 5.76. The van der Waals surface area contributed by atoms with Crippen LogP contribution >= 0.6 is 0 Å². The Kier molecular flexibility index (Phi) is 5.16. The Morgan fingerprint density at radius 1 is 1.00 bits per heavy atom. The first kappa shape index (κ1) is 20.1. The van der Waals surface area contributed by atoms with Crippen LogP contribution in [0.15, 0.2) is 48.7 Å². The summed E-state index contributed by atoms with van der Waals surface area (Å²) in [7, 11) is 0. The monoisotopic (exact) mass is 444 g/mol. The van der Waals surface area contributed by atoms with Crippen molar-refractivity contribution >= 4 is 17.5 Å². The van der Waals surface area contributed by atoms with Crippen LogP contribution in [0, 0.1) is 5.92 Å². The third kappa shape index (κ3) is 4.15. The molecular weight excluding hydrogens is 416 g/mol. The SMILES string of the molecule is O=C(N1CC(c2ccc(N(CC3CC3)c3ccccc3)nc2)C1)N1CCC(c2nn[nH]n2)C1. The van der Waals surface area contributed by atoms with E-state index in [4.69, 9.17) is 4.98 Å². The lowest BCUT2D eigenvalue weighted by atomic mass is 9.93. The molecule has 1 N–H and O–H groups in total. The minimum absolute atomic E-state index is 0.113. The van der Waals surface area contributed by atoms with Gasteiger partial charge in [-0.25, -0.2) is 9.78 Å². The summed E-state index contributed by atoms with van der Waals surface area (Å²) >= 11 is 0. The summed E-state index contributed by atoms with van der Waals surface area (Å²) in [6.07, 6.45) is 5.49. The van der Waals surface area contributed by atoms with Crippen LogP contribution in [0.4, 0.5) is 16.3 Å². The maximum Gasteiger partial charge on any atom is 0.320 e. The molecule has 0 radical (unpaired) electrons. The van der Waals surface area contributed by atoms with E-state index in [1.165, 1.54) is 24.1 Å². The van der Waals surface area contributed by atoms with Gasteiger partial charge in [0, 0.05) is 56.4 Å². The number of carbonyl (C=O) groups excluding carboxylic acids is 1. The van der Waals surface area contributed by atoms with Gasteiger partial charge in [0.25, 0.3) is 0 Å². The van der Waals surface area contributed by atoms with Crippen molar-refractivity contribution in [2.75, 3.05) is 37.6 Å². The number of amides is 2. The first-order chi connectivity index (χ1) is 16.2. The normalized spacial score (nSPS) is 20.7. The molecule has 1 saturated carbocycles. The summed E-state index contributed by atoms with van der Waals surface area (Å²) in [6.45, 7) is 3.90. The van der Waals surface area contributed by atoms with Gasteiger partial charge in [0.1, 0.15) is 5.82 Å². The van der Waals surface area contributed by atoms with Crippen LogP contribution in [0.2, 0.25) is 0 Å². The van der Waals surface area contributed by atoms with Gasteiger partial charge in [-0.05, 0) is 48.9 Å². The molecule has 2 aromatic heterocycles. The fourth-order valence-corrected chi connectivity index (χ4v) is 4.83. The Balaban J connectivity index is 1.06. The third-order valence-electron chi connectivity index (χ3n) is 7.06. The van der Waals surface area contributed by atoms with Gasteiger partial charge in [0.2, 0.25) is 0 Å². The number of aromatic nitrogens is 5. The molecule has 9 heteroatoms. The molecule has 2 amide bonds. The fraction of sp³-hybridized carbons (Fsp3) is 0.458. The van der Waals surface area contributed by atoms with Crippen molar-refractivity contribution in [3.63, 3.8) is 0 Å². The van der Waals surface area contributed by atoms with Crippen molar-refractivity contribution in [3.05, 3.63) is 60.0 Å². The number of urea groups is 1. The van der Waals surface area contributed by atoms with Gasteiger partial charge in [0.15, 0.2) is 5.82 Å². The van der Waals surface area contributed by atoms with Crippen LogP contribution in [0.5, 0.6) is 0 Å². The fourth-order valence-electron chi connectivity index (χ4n) is 4.83. The van der Waals surface area contributed by atoms with E-state index in [9.17, 15) is 4.79 Å². The van der Waals surface area contributed by atoms with Gasteiger partial charge >= 0.3 is 6.03 Å². The van der Waals surface area contributed by atoms with Crippen molar-refractivity contribution in [2.24, 2.45) is 5.92 Å². The summed E-state index contributed by atoms with van der Waals surface area (Å²) in [4.78, 5) is 23.9. The van der Waals surface area contributed by atoms with Gasteiger partial charge in [-0.15, -0.1) is 10.2 Å². The number of para-hydroxylation sites is 1. The van der Waals surface area contributed by atoms with E-state index in [0.717, 1.165) is 44.3 Å². The maximum absolute atomic E-state index is 12.9. The van der Waals surface area contributed by atoms with E-state index in [1.807, 2.05) is 22.1 Å². The average Bonchev–Trinajstić information content (AvgIpc) is 3.25. The number of tetrazole rings is 1. The highest BCUT2D eigenvalue weighted by atomic mass is 16.2. The molecule has 33 heavy (non-hydrogen) atoms. The smallest absolute Gasteiger partial charge is 0.320 e. The molecule has 1 aromatic carbocycles. The first-order valence-corrected chi connectivity index (χ1v) is 11.8.